The summed E-state index contributed by atoms with van der Waals surface area (Å²) in [6.07, 6.45) is 6.43. The van der Waals surface area contributed by atoms with Crippen molar-refractivity contribution < 1.29 is 4.79 Å². The molecule has 1 atom stereocenters. The first-order valence-electron chi connectivity index (χ1n) is 8.86. The van der Waals surface area contributed by atoms with E-state index in [0.29, 0.717) is 12.1 Å². The normalized spacial score (nSPS) is 15.9. The number of benzene rings is 1. The Morgan fingerprint density at radius 1 is 1.24 bits per heavy atom. The summed E-state index contributed by atoms with van der Waals surface area (Å²) in [5.41, 5.74) is 8.60. The smallest absolute Gasteiger partial charge is 0.227 e. The van der Waals surface area contributed by atoms with E-state index in [4.69, 9.17) is 5.73 Å². The molecule has 25 heavy (non-hydrogen) atoms. The fraction of sp³-hybridized carbons (Fsp3) is 0.400. The molecule has 1 aliphatic rings. The second kappa shape index (κ2) is 8.12. The van der Waals surface area contributed by atoms with Crippen LogP contribution in [0.5, 0.6) is 0 Å². The summed E-state index contributed by atoms with van der Waals surface area (Å²) in [6, 6.07) is 11.6. The average molecular weight is 338 g/mol. The van der Waals surface area contributed by atoms with Crippen LogP contribution in [0.25, 0.3) is 0 Å². The van der Waals surface area contributed by atoms with E-state index in [0.717, 1.165) is 30.8 Å². The van der Waals surface area contributed by atoms with Gasteiger partial charge in [0.1, 0.15) is 0 Å². The van der Waals surface area contributed by atoms with E-state index >= 15 is 0 Å². The topological polar surface area (TPSA) is 62.5 Å². The number of hydrogen-bond acceptors (Lipinski definition) is 4. The zero-order chi connectivity index (χ0) is 17.6. The number of anilines is 1. The number of carbonyl (C=O) groups excluding carboxylic acids is 1. The zero-order valence-corrected chi connectivity index (χ0v) is 14.8. The molecule has 3 rings (SSSR count). The largest absolute Gasteiger partial charge is 0.399 e. The quantitative estimate of drug-likeness (QED) is 0.822. The van der Waals surface area contributed by atoms with Gasteiger partial charge in [0.2, 0.25) is 5.91 Å². The number of carbonyl (C=O) groups is 1. The highest BCUT2D eigenvalue weighted by Crippen LogP contribution is 2.23. The summed E-state index contributed by atoms with van der Waals surface area (Å²) < 4.78 is 0. The lowest BCUT2D eigenvalue weighted by Crippen LogP contribution is -2.39. The van der Waals surface area contributed by atoms with E-state index in [1.807, 2.05) is 48.3 Å². The van der Waals surface area contributed by atoms with Crippen LogP contribution in [0.15, 0.2) is 48.8 Å². The number of aromatic nitrogens is 1. The Morgan fingerprint density at radius 2 is 1.96 bits per heavy atom. The fourth-order valence-electron chi connectivity index (χ4n) is 3.42. The number of likely N-dealkylation sites (N-methyl/N-ethyl adjacent to an activating group) is 1. The number of pyridine rings is 1. The van der Waals surface area contributed by atoms with E-state index in [9.17, 15) is 4.79 Å². The molecule has 2 heterocycles. The number of nitrogen functional groups attached to an aromatic ring is 1. The summed E-state index contributed by atoms with van der Waals surface area (Å²) in [5.74, 6) is 0.103. The van der Waals surface area contributed by atoms with Crippen LogP contribution in [-0.2, 0) is 11.2 Å². The van der Waals surface area contributed by atoms with Gasteiger partial charge >= 0.3 is 0 Å². The minimum atomic E-state index is 0.0367. The molecule has 1 amide bonds. The number of likely N-dealkylation sites (tertiary alicyclic amines) is 1. The predicted molar refractivity (Wildman–Crippen MR) is 100.0 cm³/mol. The maximum Gasteiger partial charge on any atom is 0.227 e. The third-order valence-corrected chi connectivity index (χ3v) is 4.89. The van der Waals surface area contributed by atoms with E-state index in [1.54, 1.807) is 12.4 Å². The Bertz CT molecular complexity index is 698. The van der Waals surface area contributed by atoms with Crippen LogP contribution in [0.4, 0.5) is 5.69 Å². The first kappa shape index (κ1) is 17.4. The molecule has 0 spiro atoms. The minimum absolute atomic E-state index is 0.0367. The number of nitrogens with two attached hydrogens (primary N) is 1. The van der Waals surface area contributed by atoms with Crippen molar-refractivity contribution in [3.63, 3.8) is 0 Å². The Hall–Kier alpha value is -2.40. The lowest BCUT2D eigenvalue weighted by molar-refractivity contribution is -0.131. The average Bonchev–Trinajstić information content (AvgIpc) is 3.13. The molecule has 1 saturated heterocycles. The number of rotatable bonds is 6. The summed E-state index contributed by atoms with van der Waals surface area (Å²) in [5, 5.41) is 0. The van der Waals surface area contributed by atoms with Crippen LogP contribution in [-0.4, -0.2) is 47.4 Å². The van der Waals surface area contributed by atoms with Crippen LogP contribution >= 0.6 is 0 Å². The molecule has 0 saturated carbocycles. The van der Waals surface area contributed by atoms with Gasteiger partial charge in [-0.1, -0.05) is 12.1 Å². The Balaban J connectivity index is 1.75. The van der Waals surface area contributed by atoms with Crippen molar-refractivity contribution in [2.24, 2.45) is 0 Å². The first-order chi connectivity index (χ1) is 12.1. The Morgan fingerprint density at radius 3 is 2.64 bits per heavy atom. The number of amides is 1. The second-order valence-corrected chi connectivity index (χ2v) is 6.73. The molecule has 5 heteroatoms. The van der Waals surface area contributed by atoms with E-state index < -0.39 is 0 Å². The monoisotopic (exact) mass is 338 g/mol. The molecule has 1 aromatic carbocycles. The van der Waals surface area contributed by atoms with Crippen LogP contribution in [0.1, 0.15) is 30.0 Å². The number of hydrogen-bond donors (Lipinski definition) is 1. The molecular weight excluding hydrogens is 312 g/mol. The third-order valence-electron chi connectivity index (χ3n) is 4.89. The van der Waals surface area contributed by atoms with Crippen molar-refractivity contribution in [2.75, 3.05) is 32.4 Å². The van der Waals surface area contributed by atoms with E-state index in [2.05, 4.69) is 9.88 Å². The maximum atomic E-state index is 12.9. The standard InChI is InChI=1S/C20H26N4O/c1-23(20(25)14-16-5-4-6-18(21)13-16)19(15-24-11-2-3-12-24)17-7-9-22-10-8-17/h4-10,13,19H,2-3,11-12,14-15,21H2,1H3. The first-order valence-corrected chi connectivity index (χ1v) is 8.86. The van der Waals surface area contributed by atoms with Crippen LogP contribution < -0.4 is 5.73 Å². The third kappa shape index (κ3) is 4.57. The molecule has 1 unspecified atom stereocenters. The molecule has 2 aromatic rings. The molecule has 0 radical (unpaired) electrons. The molecule has 2 N–H and O–H groups in total. The van der Waals surface area contributed by atoms with E-state index in [1.165, 1.54) is 12.8 Å². The molecule has 132 valence electrons. The van der Waals surface area contributed by atoms with Gasteiger partial charge in [0.05, 0.1) is 12.5 Å². The lowest BCUT2D eigenvalue weighted by Gasteiger charge is -2.32. The van der Waals surface area contributed by atoms with Crippen molar-refractivity contribution in [3.05, 3.63) is 59.9 Å². The molecule has 1 fully saturated rings. The molecule has 0 bridgehead atoms. The minimum Gasteiger partial charge on any atom is -0.399 e. The van der Waals surface area contributed by atoms with Gasteiger partial charge in [-0.25, -0.2) is 0 Å². The Kier molecular flexibility index (Phi) is 5.66. The van der Waals surface area contributed by atoms with Crippen LogP contribution in [0.3, 0.4) is 0 Å². The SMILES string of the molecule is CN(C(=O)Cc1cccc(N)c1)C(CN1CCCC1)c1ccncc1. The van der Waals surface area contributed by atoms with E-state index in [-0.39, 0.29) is 11.9 Å². The summed E-state index contributed by atoms with van der Waals surface area (Å²) in [6.45, 7) is 3.08. The van der Waals surface area contributed by atoms with Crippen molar-refractivity contribution >= 4 is 11.6 Å². The molecule has 1 aromatic heterocycles. The second-order valence-electron chi connectivity index (χ2n) is 6.73. The highest BCUT2D eigenvalue weighted by atomic mass is 16.2. The molecular formula is C20H26N4O. The van der Waals surface area contributed by atoms with Gasteiger partial charge in [-0.3, -0.25) is 9.78 Å². The highest BCUT2D eigenvalue weighted by Gasteiger charge is 2.25. The van der Waals surface area contributed by atoms with Crippen molar-refractivity contribution in [1.82, 2.24) is 14.8 Å². The van der Waals surface area contributed by atoms with Crippen LogP contribution in [0, 0.1) is 0 Å². The maximum absolute atomic E-state index is 12.9. The van der Waals surface area contributed by atoms with Gasteiger partial charge in [0.25, 0.3) is 0 Å². The van der Waals surface area contributed by atoms with Crippen LogP contribution in [0.2, 0.25) is 0 Å². The molecule has 0 aliphatic carbocycles. The molecule has 5 nitrogen and oxygen atoms in total. The lowest BCUT2D eigenvalue weighted by atomic mass is 10.0. The summed E-state index contributed by atoms with van der Waals surface area (Å²) >= 11 is 0. The van der Waals surface area contributed by atoms with Gasteiger partial charge in [-0.15, -0.1) is 0 Å². The molecule has 1 aliphatic heterocycles. The van der Waals surface area contributed by atoms with Gasteiger partial charge in [0.15, 0.2) is 0 Å². The summed E-state index contributed by atoms with van der Waals surface area (Å²) in [4.78, 5) is 21.3. The van der Waals surface area contributed by atoms with Crippen molar-refractivity contribution in [1.29, 1.82) is 0 Å². The Labute approximate surface area is 149 Å². The van der Waals surface area contributed by atoms with Crippen molar-refractivity contribution in [3.8, 4) is 0 Å². The fourth-order valence-corrected chi connectivity index (χ4v) is 3.42. The van der Waals surface area contributed by atoms with Crippen molar-refractivity contribution in [2.45, 2.75) is 25.3 Å². The highest BCUT2D eigenvalue weighted by molar-refractivity contribution is 5.79. The van der Waals surface area contributed by atoms with Gasteiger partial charge in [0, 0.05) is 31.7 Å². The van der Waals surface area contributed by atoms with Gasteiger partial charge < -0.3 is 15.5 Å². The number of nitrogens with zero attached hydrogens (tertiary/aromatic N) is 3. The zero-order valence-electron chi connectivity index (χ0n) is 14.8. The predicted octanol–water partition coefficient (Wildman–Crippen LogP) is 2.50. The van der Waals surface area contributed by atoms with Gasteiger partial charge in [-0.05, 0) is 61.3 Å². The van der Waals surface area contributed by atoms with Gasteiger partial charge in [-0.2, -0.15) is 0 Å². The summed E-state index contributed by atoms with van der Waals surface area (Å²) in [7, 11) is 1.90.